The molecule has 0 heterocycles. The molecule has 2 amide bonds. The molecule has 29 heavy (non-hydrogen) atoms. The predicted octanol–water partition coefficient (Wildman–Crippen LogP) is 3.82. The number of carbonyl (C=O) groups excluding carboxylic acids is 2. The Morgan fingerprint density at radius 2 is 1.69 bits per heavy atom. The molecule has 2 aromatic carbocycles. The summed E-state index contributed by atoms with van der Waals surface area (Å²) in [5.41, 5.74) is 0.971. The van der Waals surface area contributed by atoms with Gasteiger partial charge in [0.05, 0.1) is 7.11 Å². The first-order valence-electron chi connectivity index (χ1n) is 10.0. The fraction of sp³-hybridized carbons (Fsp3) is 0.417. The first-order chi connectivity index (χ1) is 13.8. The van der Waals surface area contributed by atoms with Crippen LogP contribution in [0.5, 0.6) is 5.75 Å². The molecule has 0 aliphatic carbocycles. The van der Waals surface area contributed by atoms with Gasteiger partial charge in [0.1, 0.15) is 11.2 Å². The van der Waals surface area contributed by atoms with Crippen LogP contribution in [0.1, 0.15) is 38.8 Å². The predicted molar refractivity (Wildman–Crippen MR) is 116 cm³/mol. The number of hydrogen-bond donors (Lipinski definition) is 1. The lowest BCUT2D eigenvalue weighted by Crippen LogP contribution is -2.51. The van der Waals surface area contributed by atoms with Crippen LogP contribution in [0.4, 0.5) is 0 Å². The summed E-state index contributed by atoms with van der Waals surface area (Å²) in [6.07, 6.45) is 0.672. The Morgan fingerprint density at radius 3 is 2.31 bits per heavy atom. The Labute approximate surface area is 174 Å². The molecule has 0 saturated heterocycles. The van der Waals surface area contributed by atoms with Crippen molar-refractivity contribution in [1.29, 1.82) is 0 Å². The summed E-state index contributed by atoms with van der Waals surface area (Å²) in [4.78, 5) is 27.8. The molecule has 0 saturated carbocycles. The maximum absolute atomic E-state index is 13.2. The summed E-state index contributed by atoms with van der Waals surface area (Å²) in [6.45, 7) is 8.27. The van der Waals surface area contributed by atoms with Crippen molar-refractivity contribution in [1.82, 2.24) is 10.2 Å². The SMILES string of the molecule is COc1cccc(CCNC(=O)C(C)(C)C(=O)N(Cc2ccccc2)C(C)C)c1. The van der Waals surface area contributed by atoms with Crippen LogP contribution in [0.2, 0.25) is 0 Å². The summed E-state index contributed by atoms with van der Waals surface area (Å²) in [5.74, 6) is 0.358. The van der Waals surface area contributed by atoms with Gasteiger partial charge >= 0.3 is 0 Å². The molecule has 2 aromatic rings. The van der Waals surface area contributed by atoms with Crippen LogP contribution in [-0.4, -0.2) is 36.4 Å². The number of carbonyl (C=O) groups is 2. The topological polar surface area (TPSA) is 58.6 Å². The van der Waals surface area contributed by atoms with Gasteiger partial charge in [-0.1, -0.05) is 42.5 Å². The van der Waals surface area contributed by atoms with Crippen LogP contribution < -0.4 is 10.1 Å². The van der Waals surface area contributed by atoms with E-state index < -0.39 is 5.41 Å². The van der Waals surface area contributed by atoms with Gasteiger partial charge < -0.3 is 15.0 Å². The fourth-order valence-corrected chi connectivity index (χ4v) is 3.09. The van der Waals surface area contributed by atoms with Gasteiger partial charge in [-0.25, -0.2) is 0 Å². The van der Waals surface area contributed by atoms with Crippen LogP contribution >= 0.6 is 0 Å². The quantitative estimate of drug-likeness (QED) is 0.656. The van der Waals surface area contributed by atoms with Gasteiger partial charge in [0.2, 0.25) is 11.8 Å². The highest BCUT2D eigenvalue weighted by atomic mass is 16.5. The monoisotopic (exact) mass is 396 g/mol. The van der Waals surface area contributed by atoms with Crippen molar-refractivity contribution in [2.45, 2.75) is 46.7 Å². The Bertz CT molecular complexity index is 816. The molecule has 0 radical (unpaired) electrons. The van der Waals surface area contributed by atoms with Gasteiger partial charge in [0.25, 0.3) is 0 Å². The van der Waals surface area contributed by atoms with E-state index in [0.717, 1.165) is 16.9 Å². The van der Waals surface area contributed by atoms with E-state index in [4.69, 9.17) is 4.74 Å². The Kier molecular flexibility index (Phi) is 7.82. The Morgan fingerprint density at radius 1 is 1.03 bits per heavy atom. The van der Waals surface area contributed by atoms with Gasteiger partial charge in [0.15, 0.2) is 0 Å². The molecule has 5 heteroatoms. The molecule has 0 aromatic heterocycles. The van der Waals surface area contributed by atoms with Gasteiger partial charge in [-0.15, -0.1) is 0 Å². The van der Waals surface area contributed by atoms with Crippen molar-refractivity contribution in [3.8, 4) is 5.75 Å². The summed E-state index contributed by atoms with van der Waals surface area (Å²) >= 11 is 0. The third-order valence-corrected chi connectivity index (χ3v) is 5.02. The molecular weight excluding hydrogens is 364 g/mol. The lowest BCUT2D eigenvalue weighted by atomic mass is 9.89. The van der Waals surface area contributed by atoms with Crippen LogP contribution in [0.25, 0.3) is 0 Å². The van der Waals surface area contributed by atoms with Crippen molar-refractivity contribution >= 4 is 11.8 Å². The third kappa shape index (κ3) is 6.08. The number of benzene rings is 2. The molecule has 0 fully saturated rings. The minimum Gasteiger partial charge on any atom is -0.497 e. The second kappa shape index (κ2) is 10.1. The highest BCUT2D eigenvalue weighted by molar-refractivity contribution is 6.04. The summed E-state index contributed by atoms with van der Waals surface area (Å²) in [5, 5.41) is 2.92. The second-order valence-electron chi connectivity index (χ2n) is 7.99. The highest BCUT2D eigenvalue weighted by Gasteiger charge is 2.39. The Balaban J connectivity index is 2.00. The zero-order valence-electron chi connectivity index (χ0n) is 18.1. The summed E-state index contributed by atoms with van der Waals surface area (Å²) in [6, 6.07) is 17.6. The van der Waals surface area contributed by atoms with Crippen molar-refractivity contribution < 1.29 is 14.3 Å². The van der Waals surface area contributed by atoms with Gasteiger partial charge in [0, 0.05) is 19.1 Å². The number of ether oxygens (including phenoxy) is 1. The van der Waals surface area contributed by atoms with Gasteiger partial charge in [-0.05, 0) is 57.4 Å². The number of nitrogens with zero attached hydrogens (tertiary/aromatic N) is 1. The normalized spacial score (nSPS) is 11.2. The molecule has 5 nitrogen and oxygen atoms in total. The molecule has 0 unspecified atom stereocenters. The number of rotatable bonds is 9. The average Bonchev–Trinajstić information content (AvgIpc) is 2.72. The summed E-state index contributed by atoms with van der Waals surface area (Å²) in [7, 11) is 1.63. The first kappa shape index (κ1) is 22.5. The van der Waals surface area contributed by atoms with E-state index in [0.29, 0.717) is 19.5 Å². The van der Waals surface area contributed by atoms with E-state index in [1.165, 1.54) is 0 Å². The van der Waals surface area contributed by atoms with E-state index in [1.807, 2.05) is 68.4 Å². The molecule has 0 aliphatic rings. The minimum atomic E-state index is -1.15. The van der Waals surface area contributed by atoms with Crippen LogP contribution in [-0.2, 0) is 22.6 Å². The van der Waals surface area contributed by atoms with Gasteiger partial charge in [-0.2, -0.15) is 0 Å². The lowest BCUT2D eigenvalue weighted by Gasteiger charge is -2.34. The standard InChI is InChI=1S/C24H32N2O3/c1-18(2)26(17-20-10-7-6-8-11-20)23(28)24(3,4)22(27)25-15-14-19-12-9-13-21(16-19)29-5/h6-13,16,18H,14-15,17H2,1-5H3,(H,25,27). The van der Waals surface area contributed by atoms with Crippen molar-refractivity contribution in [3.05, 3.63) is 65.7 Å². The van der Waals surface area contributed by atoms with E-state index in [2.05, 4.69) is 5.32 Å². The van der Waals surface area contributed by atoms with Crippen molar-refractivity contribution in [2.75, 3.05) is 13.7 Å². The third-order valence-electron chi connectivity index (χ3n) is 5.02. The number of hydrogen-bond acceptors (Lipinski definition) is 3. The highest BCUT2D eigenvalue weighted by Crippen LogP contribution is 2.23. The van der Waals surface area contributed by atoms with Crippen LogP contribution in [0.3, 0.4) is 0 Å². The fourth-order valence-electron chi connectivity index (χ4n) is 3.09. The minimum absolute atomic E-state index is 0.00781. The molecule has 0 spiro atoms. The van der Waals surface area contributed by atoms with E-state index >= 15 is 0 Å². The zero-order chi connectivity index (χ0) is 21.4. The van der Waals surface area contributed by atoms with E-state index in [-0.39, 0.29) is 17.9 Å². The zero-order valence-corrected chi connectivity index (χ0v) is 18.1. The van der Waals surface area contributed by atoms with Crippen molar-refractivity contribution in [2.24, 2.45) is 5.41 Å². The summed E-state index contributed by atoms with van der Waals surface area (Å²) < 4.78 is 5.23. The van der Waals surface area contributed by atoms with Crippen LogP contribution in [0.15, 0.2) is 54.6 Å². The maximum Gasteiger partial charge on any atom is 0.238 e. The number of amides is 2. The second-order valence-corrected chi connectivity index (χ2v) is 7.99. The molecule has 156 valence electrons. The van der Waals surface area contributed by atoms with E-state index in [9.17, 15) is 9.59 Å². The first-order valence-corrected chi connectivity index (χ1v) is 10.0. The van der Waals surface area contributed by atoms with Crippen molar-refractivity contribution in [3.63, 3.8) is 0 Å². The van der Waals surface area contributed by atoms with Crippen LogP contribution in [0, 0.1) is 5.41 Å². The number of nitrogens with one attached hydrogen (secondary N) is 1. The largest absolute Gasteiger partial charge is 0.497 e. The molecule has 2 rings (SSSR count). The average molecular weight is 397 g/mol. The molecular formula is C24H32N2O3. The molecule has 0 atom stereocenters. The van der Waals surface area contributed by atoms with E-state index in [1.54, 1.807) is 25.9 Å². The Hall–Kier alpha value is -2.82. The smallest absolute Gasteiger partial charge is 0.238 e. The molecule has 1 N–H and O–H groups in total. The molecule has 0 bridgehead atoms. The maximum atomic E-state index is 13.2. The van der Waals surface area contributed by atoms with Gasteiger partial charge in [-0.3, -0.25) is 9.59 Å². The molecule has 0 aliphatic heterocycles. The lowest BCUT2D eigenvalue weighted by molar-refractivity contribution is -0.150. The number of methoxy groups -OCH3 is 1.